The van der Waals surface area contributed by atoms with Crippen LogP contribution in [-0.2, 0) is 0 Å². The summed E-state index contributed by atoms with van der Waals surface area (Å²) in [5, 5.41) is 3.38. The summed E-state index contributed by atoms with van der Waals surface area (Å²) >= 11 is 0. The van der Waals surface area contributed by atoms with Crippen molar-refractivity contribution >= 4 is 18.4 Å². The van der Waals surface area contributed by atoms with Crippen molar-refractivity contribution in [1.29, 1.82) is 0 Å². The van der Waals surface area contributed by atoms with Crippen molar-refractivity contribution in [3.05, 3.63) is 35.6 Å². The molecule has 3 atom stereocenters. The molecule has 116 valence electrons. The van der Waals surface area contributed by atoms with Gasteiger partial charge in [-0.05, 0) is 23.6 Å². The largest absolute Gasteiger partial charge is 0.331 e. The minimum Gasteiger partial charge on any atom is -0.331 e. The number of carbonyl (C=O) groups excluding carboxylic acids is 1. The zero-order chi connectivity index (χ0) is 14.3. The molecule has 2 saturated heterocycles. The highest BCUT2D eigenvalue weighted by molar-refractivity contribution is 5.85. The van der Waals surface area contributed by atoms with Crippen LogP contribution in [0.1, 0.15) is 11.6 Å². The second-order valence-electron chi connectivity index (χ2n) is 5.91. The molecule has 0 saturated carbocycles. The van der Waals surface area contributed by atoms with Gasteiger partial charge in [0.2, 0.25) is 0 Å². The molecule has 3 rings (SSSR count). The summed E-state index contributed by atoms with van der Waals surface area (Å²) in [6, 6.07) is 6.62. The molecule has 0 radical (unpaired) electrons. The molecule has 21 heavy (non-hydrogen) atoms. The SMILES string of the molecule is CN(C)C(=O)N1C[C@H]2CNC[C@H]2[C@@H]1c1cccc(F)c1.Cl. The fourth-order valence-corrected chi connectivity index (χ4v) is 3.49. The van der Waals surface area contributed by atoms with E-state index >= 15 is 0 Å². The molecule has 1 N–H and O–H groups in total. The third-order valence-corrected chi connectivity index (χ3v) is 4.38. The van der Waals surface area contributed by atoms with Crippen molar-refractivity contribution in [3.63, 3.8) is 0 Å². The van der Waals surface area contributed by atoms with Crippen LogP contribution in [0.4, 0.5) is 9.18 Å². The van der Waals surface area contributed by atoms with Gasteiger partial charge in [-0.25, -0.2) is 9.18 Å². The summed E-state index contributed by atoms with van der Waals surface area (Å²) in [6.07, 6.45) is 0. The first-order chi connectivity index (χ1) is 9.58. The molecule has 2 fully saturated rings. The van der Waals surface area contributed by atoms with E-state index in [0.29, 0.717) is 11.8 Å². The molecule has 0 aromatic heterocycles. The maximum atomic E-state index is 13.5. The van der Waals surface area contributed by atoms with E-state index in [2.05, 4.69) is 5.32 Å². The van der Waals surface area contributed by atoms with Crippen molar-refractivity contribution < 1.29 is 9.18 Å². The number of hydrogen-bond acceptors (Lipinski definition) is 2. The van der Waals surface area contributed by atoms with Crippen LogP contribution in [0.15, 0.2) is 24.3 Å². The summed E-state index contributed by atoms with van der Waals surface area (Å²) in [5.74, 6) is 0.599. The van der Waals surface area contributed by atoms with E-state index in [1.807, 2.05) is 11.0 Å². The number of amides is 2. The molecule has 0 bridgehead atoms. The minimum absolute atomic E-state index is 0. The highest BCUT2D eigenvalue weighted by Crippen LogP contribution is 2.42. The van der Waals surface area contributed by atoms with E-state index in [4.69, 9.17) is 0 Å². The molecule has 2 heterocycles. The number of hydrogen-bond donors (Lipinski definition) is 1. The van der Waals surface area contributed by atoms with E-state index in [1.165, 1.54) is 6.07 Å². The number of nitrogens with zero attached hydrogens (tertiary/aromatic N) is 2. The molecule has 0 unspecified atom stereocenters. The average Bonchev–Trinajstić information content (AvgIpc) is 2.97. The first-order valence-electron chi connectivity index (χ1n) is 7.02. The van der Waals surface area contributed by atoms with Crippen molar-refractivity contribution in [2.24, 2.45) is 11.8 Å². The summed E-state index contributed by atoms with van der Waals surface area (Å²) < 4.78 is 13.5. The van der Waals surface area contributed by atoms with E-state index < -0.39 is 0 Å². The molecule has 1 aromatic rings. The molecule has 4 nitrogen and oxygen atoms in total. The number of benzene rings is 1. The van der Waals surface area contributed by atoms with Crippen LogP contribution < -0.4 is 5.32 Å². The topological polar surface area (TPSA) is 35.6 Å². The molecular formula is C15H21ClFN3O. The normalized spacial score (nSPS) is 27.2. The summed E-state index contributed by atoms with van der Waals surface area (Å²) in [6.45, 7) is 2.58. The number of rotatable bonds is 1. The maximum absolute atomic E-state index is 13.5. The molecule has 6 heteroatoms. The molecule has 2 aliphatic heterocycles. The number of carbonyl (C=O) groups is 1. The predicted molar refractivity (Wildman–Crippen MR) is 82.0 cm³/mol. The maximum Gasteiger partial charge on any atom is 0.320 e. The van der Waals surface area contributed by atoms with Crippen molar-refractivity contribution in [1.82, 2.24) is 15.1 Å². The Kier molecular flexibility index (Phi) is 4.74. The third kappa shape index (κ3) is 2.85. The van der Waals surface area contributed by atoms with Crippen molar-refractivity contribution in [2.75, 3.05) is 33.7 Å². The van der Waals surface area contributed by atoms with Crippen LogP contribution in [0, 0.1) is 17.7 Å². The van der Waals surface area contributed by atoms with Gasteiger partial charge in [-0.15, -0.1) is 12.4 Å². The van der Waals surface area contributed by atoms with Crippen LogP contribution in [0.3, 0.4) is 0 Å². The van der Waals surface area contributed by atoms with Crippen LogP contribution >= 0.6 is 12.4 Å². The van der Waals surface area contributed by atoms with Gasteiger partial charge in [0.25, 0.3) is 0 Å². The third-order valence-electron chi connectivity index (χ3n) is 4.38. The standard InChI is InChI=1S/C15H20FN3O.ClH/c1-18(2)15(20)19-9-11-7-17-8-13(11)14(19)10-4-3-5-12(16)6-10;/h3-6,11,13-14,17H,7-9H2,1-2H3;1H/t11-,13-,14+;/m1./s1. The molecule has 0 spiro atoms. The van der Waals surface area contributed by atoms with E-state index in [9.17, 15) is 9.18 Å². The second kappa shape index (κ2) is 6.20. The fraction of sp³-hybridized carbons (Fsp3) is 0.533. The smallest absolute Gasteiger partial charge is 0.320 e. The zero-order valence-electron chi connectivity index (χ0n) is 12.3. The highest BCUT2D eigenvalue weighted by atomic mass is 35.5. The Morgan fingerprint density at radius 2 is 2.14 bits per heavy atom. The summed E-state index contributed by atoms with van der Waals surface area (Å²) in [4.78, 5) is 15.9. The zero-order valence-corrected chi connectivity index (χ0v) is 13.1. The van der Waals surface area contributed by atoms with Gasteiger partial charge in [0.05, 0.1) is 6.04 Å². The van der Waals surface area contributed by atoms with Gasteiger partial charge in [-0.3, -0.25) is 0 Å². The van der Waals surface area contributed by atoms with Crippen LogP contribution in [0.2, 0.25) is 0 Å². The van der Waals surface area contributed by atoms with E-state index in [0.717, 1.165) is 25.2 Å². The molecule has 2 amide bonds. The number of fused-ring (bicyclic) bond motifs is 1. The van der Waals surface area contributed by atoms with E-state index in [-0.39, 0.29) is 30.3 Å². The van der Waals surface area contributed by atoms with Crippen LogP contribution in [0.25, 0.3) is 0 Å². The lowest BCUT2D eigenvalue weighted by atomic mass is 9.89. The van der Waals surface area contributed by atoms with Gasteiger partial charge in [0.1, 0.15) is 5.82 Å². The number of likely N-dealkylation sites (tertiary alicyclic amines) is 1. The summed E-state index contributed by atoms with van der Waals surface area (Å²) in [7, 11) is 3.52. The average molecular weight is 314 g/mol. The number of nitrogens with one attached hydrogen (secondary N) is 1. The quantitative estimate of drug-likeness (QED) is 0.862. The fourth-order valence-electron chi connectivity index (χ4n) is 3.49. The first kappa shape index (κ1) is 16.0. The Morgan fingerprint density at radius 3 is 2.81 bits per heavy atom. The lowest BCUT2D eigenvalue weighted by Gasteiger charge is -2.30. The Hall–Kier alpha value is -1.33. The second-order valence-corrected chi connectivity index (χ2v) is 5.91. The first-order valence-corrected chi connectivity index (χ1v) is 7.02. The summed E-state index contributed by atoms with van der Waals surface area (Å²) in [5.41, 5.74) is 0.899. The Labute approximate surface area is 130 Å². The van der Waals surface area contributed by atoms with Crippen molar-refractivity contribution in [2.45, 2.75) is 6.04 Å². The molecule has 2 aliphatic rings. The van der Waals surface area contributed by atoms with Gasteiger partial charge in [-0.1, -0.05) is 12.1 Å². The lowest BCUT2D eigenvalue weighted by Crippen LogP contribution is -2.41. The monoisotopic (exact) mass is 313 g/mol. The molecule has 1 aromatic carbocycles. The van der Waals surface area contributed by atoms with Gasteiger partial charge in [0, 0.05) is 39.6 Å². The Morgan fingerprint density at radius 1 is 1.38 bits per heavy atom. The van der Waals surface area contributed by atoms with Gasteiger partial charge >= 0.3 is 6.03 Å². The molecular weight excluding hydrogens is 293 g/mol. The van der Waals surface area contributed by atoms with E-state index in [1.54, 1.807) is 31.1 Å². The van der Waals surface area contributed by atoms with Crippen LogP contribution in [0.5, 0.6) is 0 Å². The number of halogens is 2. The van der Waals surface area contributed by atoms with Crippen LogP contribution in [-0.4, -0.2) is 49.6 Å². The molecule has 0 aliphatic carbocycles. The Bertz CT molecular complexity index is 525. The van der Waals surface area contributed by atoms with Gasteiger partial charge in [-0.2, -0.15) is 0 Å². The van der Waals surface area contributed by atoms with Gasteiger partial charge in [0.15, 0.2) is 0 Å². The van der Waals surface area contributed by atoms with Gasteiger partial charge < -0.3 is 15.1 Å². The lowest BCUT2D eigenvalue weighted by molar-refractivity contribution is 0.159. The number of urea groups is 1. The highest BCUT2D eigenvalue weighted by Gasteiger charge is 2.47. The predicted octanol–water partition coefficient (Wildman–Crippen LogP) is 2.12. The Balaban J connectivity index is 0.00000161. The van der Waals surface area contributed by atoms with Crippen molar-refractivity contribution in [3.8, 4) is 0 Å². The minimum atomic E-state index is -0.242.